The minimum atomic E-state index is -1.77. The van der Waals surface area contributed by atoms with Gasteiger partial charge in [0.25, 0.3) is 0 Å². The first-order valence-corrected chi connectivity index (χ1v) is 26.6. The highest BCUT2D eigenvalue weighted by molar-refractivity contribution is 5.70. The highest BCUT2D eigenvalue weighted by atomic mass is 16.7. The molecule has 0 saturated carbocycles. The number of ether oxygens (including phenoxy) is 6. The van der Waals surface area contributed by atoms with Gasteiger partial charge in [0, 0.05) is 12.8 Å². The van der Waals surface area contributed by atoms with E-state index in [0.717, 1.165) is 70.6 Å². The molecule has 2 saturated heterocycles. The Bertz CT molecular complexity index is 1330. The van der Waals surface area contributed by atoms with Crippen molar-refractivity contribution in [3.8, 4) is 0 Å². The number of carbonyl (C=O) groups excluding carboxylic acids is 2. The summed E-state index contributed by atoms with van der Waals surface area (Å²) in [4.78, 5) is 25.8. The largest absolute Gasteiger partial charge is 0.462 e. The van der Waals surface area contributed by atoms with Crippen LogP contribution in [0.5, 0.6) is 0 Å². The normalized spacial score (nSPS) is 26.0. The van der Waals surface area contributed by atoms with Gasteiger partial charge in [-0.15, -0.1) is 0 Å². The van der Waals surface area contributed by atoms with E-state index in [4.69, 9.17) is 28.4 Å². The van der Waals surface area contributed by atoms with Crippen LogP contribution in [0.15, 0.2) is 36.5 Å². The zero-order valence-corrected chi connectivity index (χ0v) is 41.8. The number of hydrogen-bond donors (Lipinski definition) is 7. The number of carbonyl (C=O) groups is 2. The van der Waals surface area contributed by atoms with E-state index in [9.17, 15) is 45.3 Å². The van der Waals surface area contributed by atoms with E-state index in [1.54, 1.807) is 0 Å². The van der Waals surface area contributed by atoms with Crippen LogP contribution in [0, 0.1) is 0 Å². The zero-order valence-electron chi connectivity index (χ0n) is 41.8. The second kappa shape index (κ2) is 40.3. The minimum Gasteiger partial charge on any atom is -0.462 e. The fraction of sp³-hybridized carbons (Fsp3) is 0.849. The van der Waals surface area contributed by atoms with Crippen molar-refractivity contribution in [2.24, 2.45) is 0 Å². The van der Waals surface area contributed by atoms with E-state index in [-0.39, 0.29) is 26.1 Å². The average Bonchev–Trinajstić information content (AvgIpc) is 3.33. The maximum Gasteiger partial charge on any atom is 0.306 e. The topological polar surface area (TPSA) is 231 Å². The predicted molar refractivity (Wildman–Crippen MR) is 261 cm³/mol. The first-order valence-electron chi connectivity index (χ1n) is 26.6. The Morgan fingerprint density at radius 1 is 0.471 bits per heavy atom. The molecule has 0 bridgehead atoms. The lowest BCUT2D eigenvalue weighted by molar-refractivity contribution is -0.332. The van der Waals surface area contributed by atoms with E-state index < -0.39 is 92.7 Å². The maximum atomic E-state index is 13.0. The molecule has 2 heterocycles. The molecule has 396 valence electrons. The van der Waals surface area contributed by atoms with Crippen LogP contribution in [-0.2, 0) is 38.0 Å². The Labute approximate surface area is 408 Å². The molecule has 7 N–H and O–H groups in total. The quantitative estimate of drug-likeness (QED) is 0.0177. The molecule has 15 nitrogen and oxygen atoms in total. The van der Waals surface area contributed by atoms with Gasteiger partial charge >= 0.3 is 11.9 Å². The Morgan fingerprint density at radius 3 is 1.43 bits per heavy atom. The van der Waals surface area contributed by atoms with Crippen LogP contribution in [0.4, 0.5) is 0 Å². The molecule has 2 fully saturated rings. The van der Waals surface area contributed by atoms with E-state index in [1.165, 1.54) is 83.5 Å². The molecule has 0 aliphatic carbocycles. The number of hydrogen-bond acceptors (Lipinski definition) is 15. The predicted octanol–water partition coefficient (Wildman–Crippen LogP) is 7.71. The van der Waals surface area contributed by atoms with Crippen molar-refractivity contribution in [2.45, 2.75) is 261 Å². The first kappa shape index (κ1) is 61.8. The number of esters is 2. The number of aliphatic hydroxyl groups excluding tert-OH is 7. The SMILES string of the molecule is CCCC/C=C\C/C=C\CCCCCCCC(=O)OC(COC(=O)CCCCCCCCC/C=C\CCCCCCCCC)COC1OC(COC2OC(CO)C(O)C(O)C2O)C(O)C(O)C1O. The van der Waals surface area contributed by atoms with Gasteiger partial charge in [-0.1, -0.05) is 153 Å². The van der Waals surface area contributed by atoms with Crippen LogP contribution < -0.4 is 0 Å². The summed E-state index contributed by atoms with van der Waals surface area (Å²) >= 11 is 0. The van der Waals surface area contributed by atoms with Crippen LogP contribution in [-0.4, -0.2) is 142 Å². The van der Waals surface area contributed by atoms with Crippen molar-refractivity contribution in [3.63, 3.8) is 0 Å². The van der Waals surface area contributed by atoms with Crippen LogP contribution in [0.25, 0.3) is 0 Å². The summed E-state index contributed by atoms with van der Waals surface area (Å²) in [6, 6.07) is 0. The molecule has 2 rings (SSSR count). The summed E-state index contributed by atoms with van der Waals surface area (Å²) in [5.41, 5.74) is 0. The fourth-order valence-corrected chi connectivity index (χ4v) is 8.17. The van der Waals surface area contributed by atoms with Crippen LogP contribution in [0.1, 0.15) is 194 Å². The first-order chi connectivity index (χ1) is 33.0. The number of allylic oxidation sites excluding steroid dienone is 6. The summed E-state index contributed by atoms with van der Waals surface area (Å²) in [6.07, 6.45) is 26.0. The fourth-order valence-electron chi connectivity index (χ4n) is 8.17. The lowest BCUT2D eigenvalue weighted by atomic mass is 9.98. The molecule has 2 aliphatic heterocycles. The van der Waals surface area contributed by atoms with Crippen molar-refractivity contribution in [1.29, 1.82) is 0 Å². The number of unbranched alkanes of at least 4 members (excludes halogenated alkanes) is 21. The molecule has 0 aromatic rings. The van der Waals surface area contributed by atoms with Crippen molar-refractivity contribution >= 4 is 11.9 Å². The number of aliphatic hydroxyl groups is 7. The van der Waals surface area contributed by atoms with Gasteiger partial charge in [-0.2, -0.15) is 0 Å². The van der Waals surface area contributed by atoms with Gasteiger partial charge < -0.3 is 64.2 Å². The molecule has 15 heteroatoms. The average molecular weight is 971 g/mol. The highest BCUT2D eigenvalue weighted by Gasteiger charge is 2.47. The third-order valence-corrected chi connectivity index (χ3v) is 12.6. The summed E-state index contributed by atoms with van der Waals surface area (Å²) < 4.78 is 33.6. The lowest BCUT2D eigenvalue weighted by Gasteiger charge is -2.42. The monoisotopic (exact) mass is 971 g/mol. The molecule has 0 aromatic carbocycles. The van der Waals surface area contributed by atoms with Crippen LogP contribution in [0.2, 0.25) is 0 Å². The van der Waals surface area contributed by atoms with Gasteiger partial charge in [-0.25, -0.2) is 0 Å². The van der Waals surface area contributed by atoms with Crippen LogP contribution >= 0.6 is 0 Å². The minimum absolute atomic E-state index is 0.148. The third-order valence-electron chi connectivity index (χ3n) is 12.6. The number of rotatable bonds is 41. The molecule has 68 heavy (non-hydrogen) atoms. The van der Waals surface area contributed by atoms with Crippen molar-refractivity contribution in [3.05, 3.63) is 36.5 Å². The van der Waals surface area contributed by atoms with Crippen molar-refractivity contribution in [2.75, 3.05) is 26.4 Å². The molecule has 2 aliphatic rings. The van der Waals surface area contributed by atoms with Crippen LogP contribution in [0.3, 0.4) is 0 Å². The Hall–Kier alpha value is -2.28. The van der Waals surface area contributed by atoms with Crippen molar-refractivity contribution in [1.82, 2.24) is 0 Å². The summed E-state index contributed by atoms with van der Waals surface area (Å²) in [5.74, 6) is -0.944. The van der Waals surface area contributed by atoms with E-state index in [0.29, 0.717) is 12.8 Å². The van der Waals surface area contributed by atoms with Gasteiger partial charge in [-0.3, -0.25) is 9.59 Å². The molecule has 0 spiro atoms. The van der Waals surface area contributed by atoms with E-state index in [2.05, 4.69) is 50.3 Å². The second-order valence-electron chi connectivity index (χ2n) is 18.7. The maximum absolute atomic E-state index is 13.0. The lowest BCUT2D eigenvalue weighted by Crippen LogP contribution is -2.61. The third kappa shape index (κ3) is 27.9. The van der Waals surface area contributed by atoms with Crippen molar-refractivity contribution < 1.29 is 73.8 Å². The molecule has 11 atom stereocenters. The Kier molecular flexibility index (Phi) is 36.7. The van der Waals surface area contributed by atoms with E-state index >= 15 is 0 Å². The van der Waals surface area contributed by atoms with Gasteiger partial charge in [0.15, 0.2) is 18.7 Å². The molecule has 11 unspecified atom stereocenters. The Balaban J connectivity index is 1.79. The molecule has 0 amide bonds. The van der Waals surface area contributed by atoms with Gasteiger partial charge in [0.1, 0.15) is 55.4 Å². The summed E-state index contributed by atoms with van der Waals surface area (Å²) in [6.45, 7) is 2.53. The highest BCUT2D eigenvalue weighted by Crippen LogP contribution is 2.26. The summed E-state index contributed by atoms with van der Waals surface area (Å²) in [7, 11) is 0. The van der Waals surface area contributed by atoms with Gasteiger partial charge in [-0.05, 0) is 64.2 Å². The molecular formula is C53H94O15. The smallest absolute Gasteiger partial charge is 0.306 e. The molecule has 0 aromatic heterocycles. The zero-order chi connectivity index (χ0) is 49.6. The van der Waals surface area contributed by atoms with Gasteiger partial charge in [0.05, 0.1) is 19.8 Å². The summed E-state index contributed by atoms with van der Waals surface area (Å²) in [5, 5.41) is 72.1. The molecular weight excluding hydrogens is 877 g/mol. The Morgan fingerprint density at radius 2 is 0.897 bits per heavy atom. The van der Waals surface area contributed by atoms with Gasteiger partial charge in [0.2, 0.25) is 0 Å². The second-order valence-corrected chi connectivity index (χ2v) is 18.7. The standard InChI is InChI=1S/C53H94O15/c1-3-5-7-9-11-13-15-17-19-20-21-22-24-25-27-29-31-33-35-44(55)63-38-41(66-45(56)36-34-32-30-28-26-23-18-16-14-12-10-8-6-4-2)39-64-52-51(62)49(60)47(58)43(68-52)40-65-53-50(61)48(59)46(57)42(37-54)67-53/h10,12,16,18-20,41-43,46-54,57-62H,3-9,11,13-15,17,21-40H2,1-2H3/b12-10-,18-16-,20-19-. The molecule has 0 radical (unpaired) electrons. The van der Waals surface area contributed by atoms with E-state index in [1.807, 2.05) is 0 Å².